The van der Waals surface area contributed by atoms with Crippen LogP contribution in [0.25, 0.3) is 16.6 Å². The molecule has 0 atom stereocenters. The highest BCUT2D eigenvalue weighted by molar-refractivity contribution is 7.99. The number of aromatic nitrogens is 2. The summed E-state index contributed by atoms with van der Waals surface area (Å²) < 4.78 is 1.60. The van der Waals surface area contributed by atoms with Crippen LogP contribution in [0.5, 0.6) is 0 Å². The summed E-state index contributed by atoms with van der Waals surface area (Å²) in [5.41, 5.74) is 1.55. The van der Waals surface area contributed by atoms with Gasteiger partial charge in [-0.2, -0.15) is 0 Å². The van der Waals surface area contributed by atoms with Gasteiger partial charge in [0.05, 0.1) is 16.6 Å². The van der Waals surface area contributed by atoms with Gasteiger partial charge < -0.3 is 0 Å². The molecule has 0 fully saturated rings. The largest absolute Gasteiger partial charge is 0.268 e. The highest BCUT2D eigenvalue weighted by atomic mass is 32.2. The summed E-state index contributed by atoms with van der Waals surface area (Å²) in [6, 6.07) is 15.5. The van der Waals surface area contributed by atoms with E-state index in [1.54, 1.807) is 10.9 Å². The van der Waals surface area contributed by atoms with Crippen LogP contribution in [0.1, 0.15) is 19.8 Å². The maximum Gasteiger partial charge on any atom is 0.265 e. The molecule has 0 spiro atoms. The molecule has 3 aromatic rings. The highest BCUT2D eigenvalue weighted by Gasteiger charge is 2.05. The average Bonchev–Trinajstić information content (AvgIpc) is 2.57. The van der Waals surface area contributed by atoms with Crippen LogP contribution in [-0.4, -0.2) is 15.3 Å². The topological polar surface area (TPSA) is 34.9 Å². The molecule has 4 heteroatoms. The second-order valence-electron chi connectivity index (χ2n) is 5.13. The third-order valence-electron chi connectivity index (χ3n) is 3.55. The number of nitrogens with zero attached hydrogens (tertiary/aromatic N) is 2. The third kappa shape index (κ3) is 3.07. The van der Waals surface area contributed by atoms with Crippen LogP contribution in [0.3, 0.4) is 0 Å². The fourth-order valence-electron chi connectivity index (χ4n) is 2.29. The number of benzene rings is 2. The zero-order valence-corrected chi connectivity index (χ0v) is 13.3. The second-order valence-corrected chi connectivity index (χ2v) is 6.30. The lowest BCUT2D eigenvalue weighted by atomic mass is 10.2. The molecular formula is C18H18N2OS. The van der Waals surface area contributed by atoms with Crippen molar-refractivity contribution in [1.82, 2.24) is 9.55 Å². The standard InChI is InChI=1S/C18H18N2OS/c1-2-3-12-22-15-10-8-14(9-11-15)20-13-19-17-7-5-4-6-16(17)18(20)21/h4-11,13H,2-3,12H2,1H3. The van der Waals surface area contributed by atoms with E-state index in [9.17, 15) is 4.79 Å². The van der Waals surface area contributed by atoms with Crippen LogP contribution in [0.4, 0.5) is 0 Å². The predicted molar refractivity (Wildman–Crippen MR) is 93.0 cm³/mol. The van der Waals surface area contributed by atoms with Gasteiger partial charge in [0.1, 0.15) is 6.33 Å². The minimum absolute atomic E-state index is 0.0306. The van der Waals surface area contributed by atoms with Crippen molar-refractivity contribution < 1.29 is 0 Å². The Morgan fingerprint density at radius 1 is 1.09 bits per heavy atom. The molecule has 0 aliphatic heterocycles. The number of unbranched alkanes of at least 4 members (excludes halogenated alkanes) is 1. The third-order valence-corrected chi connectivity index (χ3v) is 4.65. The Morgan fingerprint density at radius 2 is 1.86 bits per heavy atom. The summed E-state index contributed by atoms with van der Waals surface area (Å²) in [5.74, 6) is 1.13. The van der Waals surface area contributed by atoms with Gasteiger partial charge in [0.2, 0.25) is 0 Å². The van der Waals surface area contributed by atoms with Crippen LogP contribution in [0.15, 0.2) is 64.5 Å². The van der Waals surface area contributed by atoms with Gasteiger partial charge in [0, 0.05) is 4.90 Å². The SMILES string of the molecule is CCCCSc1ccc(-n2cnc3ccccc3c2=O)cc1. The molecule has 0 aliphatic rings. The Bertz CT molecular complexity index is 824. The van der Waals surface area contributed by atoms with Gasteiger partial charge >= 0.3 is 0 Å². The maximum atomic E-state index is 12.5. The van der Waals surface area contributed by atoms with E-state index in [0.29, 0.717) is 5.39 Å². The molecule has 3 rings (SSSR count). The number of hydrogen-bond donors (Lipinski definition) is 0. The molecule has 1 heterocycles. The van der Waals surface area contributed by atoms with Crippen molar-refractivity contribution in [3.05, 3.63) is 65.2 Å². The fourth-order valence-corrected chi connectivity index (χ4v) is 3.29. The zero-order valence-electron chi connectivity index (χ0n) is 12.5. The van der Waals surface area contributed by atoms with E-state index >= 15 is 0 Å². The van der Waals surface area contributed by atoms with E-state index in [0.717, 1.165) is 17.0 Å². The van der Waals surface area contributed by atoms with Crippen molar-refractivity contribution in [3.63, 3.8) is 0 Å². The van der Waals surface area contributed by atoms with E-state index in [2.05, 4.69) is 24.0 Å². The second kappa shape index (κ2) is 6.79. The fraction of sp³-hybridized carbons (Fsp3) is 0.222. The predicted octanol–water partition coefficient (Wildman–Crippen LogP) is 4.28. The Labute approximate surface area is 134 Å². The highest BCUT2D eigenvalue weighted by Crippen LogP contribution is 2.20. The van der Waals surface area contributed by atoms with Gasteiger partial charge in [-0.05, 0) is 48.6 Å². The molecule has 3 nitrogen and oxygen atoms in total. The summed E-state index contributed by atoms with van der Waals surface area (Å²) in [4.78, 5) is 18.1. The lowest BCUT2D eigenvalue weighted by molar-refractivity contribution is 0.896. The van der Waals surface area contributed by atoms with Crippen molar-refractivity contribution in [2.45, 2.75) is 24.7 Å². The van der Waals surface area contributed by atoms with Crippen molar-refractivity contribution in [2.75, 3.05) is 5.75 Å². The number of fused-ring (bicyclic) bond motifs is 1. The minimum atomic E-state index is -0.0306. The molecule has 0 saturated heterocycles. The van der Waals surface area contributed by atoms with E-state index in [4.69, 9.17) is 0 Å². The Kier molecular flexibility index (Phi) is 4.59. The number of thioether (sulfide) groups is 1. The van der Waals surface area contributed by atoms with Crippen molar-refractivity contribution >= 4 is 22.7 Å². The quantitative estimate of drug-likeness (QED) is 0.521. The molecule has 2 aromatic carbocycles. The molecular weight excluding hydrogens is 292 g/mol. The van der Waals surface area contributed by atoms with Crippen molar-refractivity contribution in [2.24, 2.45) is 0 Å². The van der Waals surface area contributed by atoms with Crippen LogP contribution in [0.2, 0.25) is 0 Å². The van der Waals surface area contributed by atoms with Crippen LogP contribution in [-0.2, 0) is 0 Å². The average molecular weight is 310 g/mol. The zero-order chi connectivity index (χ0) is 15.4. The molecule has 0 amide bonds. The summed E-state index contributed by atoms with van der Waals surface area (Å²) in [7, 11) is 0. The molecule has 0 bridgehead atoms. The Morgan fingerprint density at radius 3 is 2.64 bits per heavy atom. The van der Waals surface area contributed by atoms with E-state index < -0.39 is 0 Å². The first-order chi connectivity index (χ1) is 10.8. The van der Waals surface area contributed by atoms with Gasteiger partial charge in [-0.3, -0.25) is 9.36 Å². The minimum Gasteiger partial charge on any atom is -0.268 e. The van der Waals surface area contributed by atoms with Gasteiger partial charge in [-0.15, -0.1) is 11.8 Å². The molecule has 0 unspecified atom stereocenters. The van der Waals surface area contributed by atoms with E-state index in [1.165, 1.54) is 17.7 Å². The monoisotopic (exact) mass is 310 g/mol. The number of rotatable bonds is 5. The first-order valence-corrected chi connectivity index (χ1v) is 8.48. The summed E-state index contributed by atoms with van der Waals surface area (Å²) in [6.07, 6.45) is 4.04. The molecule has 0 N–H and O–H groups in total. The first kappa shape index (κ1) is 14.9. The van der Waals surface area contributed by atoms with Crippen molar-refractivity contribution in [3.8, 4) is 5.69 Å². The Balaban J connectivity index is 1.91. The van der Waals surface area contributed by atoms with E-state index in [1.807, 2.05) is 48.2 Å². The van der Waals surface area contributed by atoms with Gasteiger partial charge in [-0.1, -0.05) is 25.5 Å². The van der Waals surface area contributed by atoms with Crippen LogP contribution in [0, 0.1) is 0 Å². The summed E-state index contributed by atoms with van der Waals surface area (Å²) in [5, 5.41) is 0.645. The van der Waals surface area contributed by atoms with Gasteiger partial charge in [0.25, 0.3) is 5.56 Å². The van der Waals surface area contributed by atoms with E-state index in [-0.39, 0.29) is 5.56 Å². The lowest BCUT2D eigenvalue weighted by Crippen LogP contribution is -2.18. The molecule has 0 aliphatic carbocycles. The van der Waals surface area contributed by atoms with Crippen molar-refractivity contribution in [1.29, 1.82) is 0 Å². The molecule has 112 valence electrons. The summed E-state index contributed by atoms with van der Waals surface area (Å²) in [6.45, 7) is 2.20. The molecule has 0 radical (unpaired) electrons. The molecule has 1 aromatic heterocycles. The lowest BCUT2D eigenvalue weighted by Gasteiger charge is -2.07. The molecule has 22 heavy (non-hydrogen) atoms. The number of hydrogen-bond acceptors (Lipinski definition) is 3. The summed E-state index contributed by atoms with van der Waals surface area (Å²) >= 11 is 1.85. The van der Waals surface area contributed by atoms with Gasteiger partial charge in [0.15, 0.2) is 0 Å². The van der Waals surface area contributed by atoms with Gasteiger partial charge in [-0.25, -0.2) is 4.98 Å². The smallest absolute Gasteiger partial charge is 0.265 e. The first-order valence-electron chi connectivity index (χ1n) is 7.49. The normalized spacial score (nSPS) is 11.0. The number of para-hydroxylation sites is 1. The van der Waals surface area contributed by atoms with Crippen LogP contribution < -0.4 is 5.56 Å². The maximum absolute atomic E-state index is 12.5. The Hall–Kier alpha value is -2.07. The van der Waals surface area contributed by atoms with Crippen LogP contribution >= 0.6 is 11.8 Å². The molecule has 0 saturated carbocycles.